The van der Waals surface area contributed by atoms with Gasteiger partial charge in [-0.1, -0.05) is 29.8 Å². The van der Waals surface area contributed by atoms with E-state index >= 15 is 0 Å². The van der Waals surface area contributed by atoms with Crippen LogP contribution in [-0.2, 0) is 15.0 Å². The van der Waals surface area contributed by atoms with Gasteiger partial charge in [-0.15, -0.1) is 0 Å². The largest absolute Gasteiger partial charge is 0.481 e. The van der Waals surface area contributed by atoms with E-state index in [9.17, 15) is 14.7 Å². The fraction of sp³-hybridized carbons (Fsp3) is 0.333. The predicted octanol–water partition coefficient (Wildman–Crippen LogP) is 1.42. The molecule has 1 aromatic rings. The van der Waals surface area contributed by atoms with Gasteiger partial charge in [-0.05, 0) is 18.9 Å². The average Bonchev–Trinajstić information content (AvgIpc) is 2.95. The normalized spacial score (nSPS) is 27.4. The van der Waals surface area contributed by atoms with Gasteiger partial charge in [-0.2, -0.15) is 0 Å². The smallest absolute Gasteiger partial charge is 0.315 e. The first-order valence-electron chi connectivity index (χ1n) is 5.02. The van der Waals surface area contributed by atoms with Gasteiger partial charge in [-0.3, -0.25) is 9.59 Å². The molecule has 2 rings (SSSR count). The van der Waals surface area contributed by atoms with Crippen LogP contribution in [0.1, 0.15) is 17.5 Å². The number of benzene rings is 1. The molecule has 0 aromatic heterocycles. The van der Waals surface area contributed by atoms with Gasteiger partial charge in [0.2, 0.25) is 0 Å². The zero-order valence-corrected chi connectivity index (χ0v) is 8.80. The minimum Gasteiger partial charge on any atom is -0.481 e. The Morgan fingerprint density at radius 1 is 1.25 bits per heavy atom. The van der Waals surface area contributed by atoms with Crippen molar-refractivity contribution in [1.82, 2.24) is 0 Å². The third-order valence-corrected chi connectivity index (χ3v) is 3.21. The van der Waals surface area contributed by atoms with Crippen LogP contribution in [-0.4, -0.2) is 22.2 Å². The molecule has 0 bridgehead atoms. The van der Waals surface area contributed by atoms with Crippen molar-refractivity contribution >= 4 is 11.9 Å². The minimum atomic E-state index is -1.21. The summed E-state index contributed by atoms with van der Waals surface area (Å²) in [6.07, 6.45) is 0.181. The molecule has 2 N–H and O–H groups in total. The lowest BCUT2D eigenvalue weighted by Crippen LogP contribution is -2.25. The van der Waals surface area contributed by atoms with E-state index in [-0.39, 0.29) is 6.42 Å². The Kier molecular flexibility index (Phi) is 2.22. The highest BCUT2D eigenvalue weighted by Crippen LogP contribution is 2.54. The Morgan fingerprint density at radius 3 is 2.19 bits per heavy atom. The number of carbonyl (C=O) groups is 2. The highest BCUT2D eigenvalue weighted by Gasteiger charge is 2.65. The molecule has 4 heteroatoms. The fourth-order valence-corrected chi connectivity index (χ4v) is 2.09. The minimum absolute atomic E-state index is 0.181. The monoisotopic (exact) mass is 220 g/mol. The van der Waals surface area contributed by atoms with Crippen LogP contribution in [0.15, 0.2) is 24.3 Å². The van der Waals surface area contributed by atoms with Gasteiger partial charge in [0.15, 0.2) is 0 Å². The van der Waals surface area contributed by atoms with E-state index in [4.69, 9.17) is 5.11 Å². The molecule has 0 aliphatic heterocycles. The maximum atomic E-state index is 11.2. The molecule has 0 radical (unpaired) electrons. The standard InChI is InChI=1S/C12H12O4/c1-7-2-4-8(5-3-7)12(11(15)16)6-9(12)10(13)14/h2-5,9H,6H2,1H3,(H,13,14)(H,15,16)/t9-,12-/m0/s1. The van der Waals surface area contributed by atoms with Crippen LogP contribution in [0.25, 0.3) is 0 Å². The summed E-state index contributed by atoms with van der Waals surface area (Å²) < 4.78 is 0. The van der Waals surface area contributed by atoms with E-state index in [0.717, 1.165) is 5.56 Å². The van der Waals surface area contributed by atoms with Crippen LogP contribution in [0.4, 0.5) is 0 Å². The van der Waals surface area contributed by atoms with Crippen molar-refractivity contribution in [3.8, 4) is 0 Å². The third kappa shape index (κ3) is 1.38. The van der Waals surface area contributed by atoms with Crippen molar-refractivity contribution in [2.45, 2.75) is 18.8 Å². The van der Waals surface area contributed by atoms with Gasteiger partial charge in [0.05, 0.1) is 5.92 Å². The molecule has 1 saturated carbocycles. The van der Waals surface area contributed by atoms with E-state index < -0.39 is 23.3 Å². The Morgan fingerprint density at radius 2 is 1.81 bits per heavy atom. The van der Waals surface area contributed by atoms with Gasteiger partial charge in [0.1, 0.15) is 5.41 Å². The second kappa shape index (κ2) is 3.33. The summed E-state index contributed by atoms with van der Waals surface area (Å²) in [6, 6.07) is 7.01. The molecular weight excluding hydrogens is 208 g/mol. The molecule has 1 aliphatic rings. The summed E-state index contributed by atoms with van der Waals surface area (Å²) in [5, 5.41) is 18.1. The Labute approximate surface area is 92.5 Å². The lowest BCUT2D eigenvalue weighted by Gasteiger charge is -2.11. The summed E-state index contributed by atoms with van der Waals surface area (Å²) in [5.74, 6) is -2.89. The zero-order chi connectivity index (χ0) is 11.9. The zero-order valence-electron chi connectivity index (χ0n) is 8.80. The summed E-state index contributed by atoms with van der Waals surface area (Å²) in [6.45, 7) is 1.90. The molecule has 1 aromatic carbocycles. The van der Waals surface area contributed by atoms with Gasteiger partial charge >= 0.3 is 11.9 Å². The highest BCUT2D eigenvalue weighted by molar-refractivity contribution is 5.94. The summed E-state index contributed by atoms with van der Waals surface area (Å²) in [4.78, 5) is 22.1. The molecule has 0 saturated heterocycles. The van der Waals surface area contributed by atoms with Crippen LogP contribution in [0.3, 0.4) is 0 Å². The molecule has 0 heterocycles. The predicted molar refractivity (Wildman–Crippen MR) is 56.2 cm³/mol. The number of carboxylic acids is 2. The second-order valence-corrected chi connectivity index (χ2v) is 4.24. The number of hydrogen-bond acceptors (Lipinski definition) is 2. The van der Waals surface area contributed by atoms with E-state index in [1.165, 1.54) is 0 Å². The summed E-state index contributed by atoms with van der Waals surface area (Å²) in [7, 11) is 0. The Balaban J connectivity index is 2.40. The fourth-order valence-electron chi connectivity index (χ4n) is 2.09. The van der Waals surface area contributed by atoms with Crippen molar-refractivity contribution in [2.75, 3.05) is 0 Å². The number of aryl methyl sites for hydroxylation is 1. The second-order valence-electron chi connectivity index (χ2n) is 4.24. The van der Waals surface area contributed by atoms with E-state index in [2.05, 4.69) is 0 Å². The third-order valence-electron chi connectivity index (χ3n) is 3.21. The Bertz CT molecular complexity index is 449. The van der Waals surface area contributed by atoms with Gasteiger partial charge in [0.25, 0.3) is 0 Å². The SMILES string of the molecule is Cc1ccc([C@@]2(C(=O)O)C[C@H]2C(=O)O)cc1. The van der Waals surface area contributed by atoms with Crippen LogP contribution in [0, 0.1) is 12.8 Å². The van der Waals surface area contributed by atoms with Crippen molar-refractivity contribution in [3.05, 3.63) is 35.4 Å². The topological polar surface area (TPSA) is 74.6 Å². The highest BCUT2D eigenvalue weighted by atomic mass is 16.4. The van der Waals surface area contributed by atoms with Gasteiger partial charge < -0.3 is 10.2 Å². The molecule has 0 amide bonds. The average molecular weight is 220 g/mol. The quantitative estimate of drug-likeness (QED) is 0.807. The van der Waals surface area contributed by atoms with Gasteiger partial charge in [0, 0.05) is 0 Å². The van der Waals surface area contributed by atoms with E-state index in [1.54, 1.807) is 24.3 Å². The summed E-state index contributed by atoms with van der Waals surface area (Å²) in [5.41, 5.74) is 0.398. The van der Waals surface area contributed by atoms with Crippen molar-refractivity contribution in [1.29, 1.82) is 0 Å². The van der Waals surface area contributed by atoms with Crippen molar-refractivity contribution < 1.29 is 19.8 Å². The number of hydrogen-bond donors (Lipinski definition) is 2. The number of rotatable bonds is 3. The van der Waals surface area contributed by atoms with Crippen LogP contribution < -0.4 is 0 Å². The molecule has 1 aliphatic carbocycles. The maximum Gasteiger partial charge on any atom is 0.315 e. The van der Waals surface area contributed by atoms with E-state index in [1.807, 2.05) is 6.92 Å². The molecule has 0 unspecified atom stereocenters. The van der Waals surface area contributed by atoms with Crippen molar-refractivity contribution in [2.24, 2.45) is 5.92 Å². The van der Waals surface area contributed by atoms with E-state index in [0.29, 0.717) is 5.56 Å². The molecule has 4 nitrogen and oxygen atoms in total. The number of carboxylic acid groups (broad SMARTS) is 2. The van der Waals surface area contributed by atoms with Crippen molar-refractivity contribution in [3.63, 3.8) is 0 Å². The first-order chi connectivity index (χ1) is 7.48. The molecule has 0 spiro atoms. The van der Waals surface area contributed by atoms with Crippen LogP contribution in [0.2, 0.25) is 0 Å². The van der Waals surface area contributed by atoms with Crippen LogP contribution >= 0.6 is 0 Å². The Hall–Kier alpha value is -1.84. The molecular formula is C12H12O4. The maximum absolute atomic E-state index is 11.2. The van der Waals surface area contributed by atoms with Gasteiger partial charge in [-0.25, -0.2) is 0 Å². The first-order valence-corrected chi connectivity index (χ1v) is 5.02. The lowest BCUT2D eigenvalue weighted by molar-refractivity contribution is -0.145. The lowest BCUT2D eigenvalue weighted by atomic mass is 9.92. The number of aliphatic carboxylic acids is 2. The first kappa shape index (κ1) is 10.7. The summed E-state index contributed by atoms with van der Waals surface area (Å²) >= 11 is 0. The molecule has 16 heavy (non-hydrogen) atoms. The molecule has 2 atom stereocenters. The van der Waals surface area contributed by atoms with Crippen LogP contribution in [0.5, 0.6) is 0 Å². The molecule has 84 valence electrons. The molecule has 1 fully saturated rings.